The third-order valence-electron chi connectivity index (χ3n) is 5.10. The first-order chi connectivity index (χ1) is 12.3. The molecule has 2 rings (SSSR count). The molecule has 0 amide bonds. The van der Waals surface area contributed by atoms with Gasteiger partial charge in [-0.3, -0.25) is 4.99 Å². The number of nitrogens with two attached hydrogens (primary N) is 2. The van der Waals surface area contributed by atoms with Crippen molar-refractivity contribution in [2.45, 2.75) is 32.7 Å². The summed E-state index contributed by atoms with van der Waals surface area (Å²) in [6.45, 7) is 16.3. The summed E-state index contributed by atoms with van der Waals surface area (Å²) in [6, 6.07) is -0.128. The van der Waals surface area contributed by atoms with E-state index in [-0.39, 0.29) is 17.9 Å². The first kappa shape index (κ1) is 19.9. The van der Waals surface area contributed by atoms with Crippen molar-refractivity contribution in [1.29, 1.82) is 0 Å². The molecule has 0 fully saturated rings. The molecule has 138 valence electrons. The largest absolute Gasteiger partial charge is 0.397 e. The molecular formula is C23H31N3. The smallest absolute Gasteiger partial charge is 0.0888 e. The van der Waals surface area contributed by atoms with Gasteiger partial charge in [-0.2, -0.15) is 0 Å². The van der Waals surface area contributed by atoms with E-state index in [4.69, 9.17) is 16.5 Å². The zero-order valence-electron chi connectivity index (χ0n) is 16.0. The maximum absolute atomic E-state index is 6.21. The fraction of sp³-hybridized carbons (Fsp3) is 0.348. The predicted molar refractivity (Wildman–Crippen MR) is 114 cm³/mol. The van der Waals surface area contributed by atoms with Crippen LogP contribution in [-0.2, 0) is 0 Å². The second-order valence-corrected chi connectivity index (χ2v) is 7.12. The molecule has 4 N–H and O–H groups in total. The molecule has 3 nitrogen and oxygen atoms in total. The van der Waals surface area contributed by atoms with Crippen molar-refractivity contribution in [3.63, 3.8) is 0 Å². The van der Waals surface area contributed by atoms with Crippen molar-refractivity contribution >= 4 is 5.71 Å². The van der Waals surface area contributed by atoms with Gasteiger partial charge in [0.25, 0.3) is 0 Å². The summed E-state index contributed by atoms with van der Waals surface area (Å²) in [7, 11) is 0. The molecule has 0 radical (unpaired) electrons. The number of allylic oxidation sites excluding steroid dienone is 7. The van der Waals surface area contributed by atoms with Gasteiger partial charge in [0.2, 0.25) is 0 Å². The second-order valence-electron chi connectivity index (χ2n) is 7.12. The zero-order valence-corrected chi connectivity index (χ0v) is 16.0. The normalized spacial score (nSPS) is 28.9. The van der Waals surface area contributed by atoms with E-state index in [0.717, 1.165) is 24.1 Å². The van der Waals surface area contributed by atoms with Crippen LogP contribution >= 0.6 is 0 Å². The van der Waals surface area contributed by atoms with E-state index in [1.165, 1.54) is 5.57 Å². The summed E-state index contributed by atoms with van der Waals surface area (Å²) in [6.07, 6.45) is 16.6. The predicted octanol–water partition coefficient (Wildman–Crippen LogP) is 4.59. The molecule has 0 spiro atoms. The lowest BCUT2D eigenvalue weighted by molar-refractivity contribution is 0.528. The van der Waals surface area contributed by atoms with E-state index in [1.54, 1.807) is 0 Å². The summed E-state index contributed by atoms with van der Waals surface area (Å²) in [5.41, 5.74) is 16.3. The van der Waals surface area contributed by atoms with Crippen molar-refractivity contribution in [3.05, 3.63) is 84.8 Å². The molecule has 0 aromatic rings. The minimum absolute atomic E-state index is 0.0214. The number of hydrogen-bond acceptors (Lipinski definition) is 3. The van der Waals surface area contributed by atoms with Crippen LogP contribution in [0.2, 0.25) is 0 Å². The molecule has 0 aromatic carbocycles. The van der Waals surface area contributed by atoms with E-state index < -0.39 is 0 Å². The van der Waals surface area contributed by atoms with Crippen molar-refractivity contribution in [2.75, 3.05) is 0 Å². The van der Waals surface area contributed by atoms with Gasteiger partial charge in [-0.15, -0.1) is 0 Å². The first-order valence-electron chi connectivity index (χ1n) is 9.18. The molecule has 2 aliphatic rings. The van der Waals surface area contributed by atoms with Gasteiger partial charge in [-0.1, -0.05) is 67.8 Å². The fourth-order valence-corrected chi connectivity index (χ4v) is 3.45. The van der Waals surface area contributed by atoms with Gasteiger partial charge in [-0.05, 0) is 38.2 Å². The average Bonchev–Trinajstić information content (AvgIpc) is 2.62. The van der Waals surface area contributed by atoms with Gasteiger partial charge >= 0.3 is 0 Å². The maximum Gasteiger partial charge on any atom is 0.0888 e. The summed E-state index contributed by atoms with van der Waals surface area (Å²) in [4.78, 5) is 4.86. The SMILES string of the molecule is C=C(N)C(=N/C(=C\C)C1C=CC(C(=C)C)CC1)C(=C)C1C=CC=CC1N. The maximum atomic E-state index is 6.21. The highest BCUT2D eigenvalue weighted by Gasteiger charge is 2.24. The lowest BCUT2D eigenvalue weighted by Gasteiger charge is -2.26. The van der Waals surface area contributed by atoms with Crippen molar-refractivity contribution in [1.82, 2.24) is 0 Å². The topological polar surface area (TPSA) is 64.4 Å². The Labute approximate surface area is 158 Å². The Morgan fingerprint density at radius 1 is 1.04 bits per heavy atom. The molecule has 2 aliphatic carbocycles. The molecule has 0 saturated heterocycles. The van der Waals surface area contributed by atoms with Crippen molar-refractivity contribution in [2.24, 2.45) is 34.2 Å². The van der Waals surface area contributed by atoms with Gasteiger partial charge in [0.1, 0.15) is 0 Å². The van der Waals surface area contributed by atoms with Crippen LogP contribution in [-0.4, -0.2) is 11.8 Å². The van der Waals surface area contributed by atoms with E-state index in [2.05, 4.69) is 38.8 Å². The molecule has 26 heavy (non-hydrogen) atoms. The van der Waals surface area contributed by atoms with Gasteiger partial charge in [0, 0.05) is 23.6 Å². The number of rotatable bonds is 6. The Hall–Kier alpha value is -2.39. The summed E-state index contributed by atoms with van der Waals surface area (Å²) >= 11 is 0. The molecule has 0 heterocycles. The zero-order chi connectivity index (χ0) is 19.3. The Morgan fingerprint density at radius 2 is 1.65 bits per heavy atom. The minimum atomic E-state index is -0.128. The molecule has 4 unspecified atom stereocenters. The highest BCUT2D eigenvalue weighted by molar-refractivity contribution is 6.12. The standard InChI is InChI=1S/C23H31N3/c1-6-22(19-13-11-18(12-14-19)15(2)3)26-23(17(5)24)16(4)20-9-7-8-10-21(20)25/h6-11,13,18-21H,2,4-5,12,14,24-25H2,1,3H3/b22-6-,26-23?. The Morgan fingerprint density at radius 3 is 2.15 bits per heavy atom. The first-order valence-corrected chi connectivity index (χ1v) is 9.18. The summed E-state index contributed by atoms with van der Waals surface area (Å²) in [5, 5.41) is 0. The van der Waals surface area contributed by atoms with Crippen LogP contribution in [0.5, 0.6) is 0 Å². The van der Waals surface area contributed by atoms with E-state index in [9.17, 15) is 0 Å². The summed E-state index contributed by atoms with van der Waals surface area (Å²) in [5.74, 6) is 0.712. The van der Waals surface area contributed by atoms with Gasteiger partial charge in [-0.25, -0.2) is 0 Å². The highest BCUT2D eigenvalue weighted by Crippen LogP contribution is 2.32. The molecule has 3 heteroatoms. The molecule has 0 aliphatic heterocycles. The van der Waals surface area contributed by atoms with Crippen molar-refractivity contribution in [3.8, 4) is 0 Å². The van der Waals surface area contributed by atoms with Crippen molar-refractivity contribution < 1.29 is 0 Å². The number of aliphatic imine (C=N–C) groups is 1. The van der Waals surface area contributed by atoms with Crippen LogP contribution < -0.4 is 11.5 Å². The third-order valence-corrected chi connectivity index (χ3v) is 5.10. The Kier molecular flexibility index (Phi) is 6.76. The summed E-state index contributed by atoms with van der Waals surface area (Å²) < 4.78 is 0. The van der Waals surface area contributed by atoms with E-state index in [1.807, 2.05) is 37.3 Å². The van der Waals surface area contributed by atoms with Crippen LogP contribution in [0.15, 0.2) is 89.8 Å². The number of hydrogen-bond donors (Lipinski definition) is 2. The van der Waals surface area contributed by atoms with Crippen LogP contribution in [0.3, 0.4) is 0 Å². The monoisotopic (exact) mass is 349 g/mol. The Bertz CT molecular complexity index is 731. The van der Waals surface area contributed by atoms with E-state index >= 15 is 0 Å². The third kappa shape index (κ3) is 4.61. The van der Waals surface area contributed by atoms with Gasteiger partial charge in [0.05, 0.1) is 11.4 Å². The minimum Gasteiger partial charge on any atom is -0.397 e. The van der Waals surface area contributed by atoms with Crippen LogP contribution in [0, 0.1) is 17.8 Å². The molecule has 0 aromatic heterocycles. The molecule has 0 bridgehead atoms. The van der Waals surface area contributed by atoms with Gasteiger partial charge < -0.3 is 11.5 Å². The van der Waals surface area contributed by atoms with Crippen LogP contribution in [0.25, 0.3) is 0 Å². The van der Waals surface area contributed by atoms with Crippen LogP contribution in [0.4, 0.5) is 0 Å². The Balaban J connectivity index is 2.26. The fourth-order valence-electron chi connectivity index (χ4n) is 3.45. The average molecular weight is 350 g/mol. The molecule has 4 atom stereocenters. The lowest BCUT2D eigenvalue weighted by atomic mass is 9.83. The van der Waals surface area contributed by atoms with Gasteiger partial charge in [0.15, 0.2) is 0 Å². The quantitative estimate of drug-likeness (QED) is 0.544. The highest BCUT2D eigenvalue weighted by atomic mass is 14.8. The second kappa shape index (κ2) is 8.81. The van der Waals surface area contributed by atoms with Crippen LogP contribution in [0.1, 0.15) is 26.7 Å². The lowest BCUT2D eigenvalue weighted by Crippen LogP contribution is -2.32. The molecular weight excluding hydrogens is 318 g/mol. The molecule has 0 saturated carbocycles. The van der Waals surface area contributed by atoms with E-state index in [0.29, 0.717) is 17.3 Å². The number of nitrogens with zero attached hydrogens (tertiary/aromatic N) is 1.